The van der Waals surface area contributed by atoms with E-state index in [1.54, 1.807) is 19.5 Å². The second-order valence-electron chi connectivity index (χ2n) is 9.05. The maximum atomic E-state index is 5.21. The number of rotatable bonds is 9. The summed E-state index contributed by atoms with van der Waals surface area (Å²) in [6, 6.07) is 6.04. The van der Waals surface area contributed by atoms with Crippen molar-refractivity contribution in [2.75, 3.05) is 51.8 Å². The van der Waals surface area contributed by atoms with E-state index in [1.165, 1.54) is 5.70 Å². The quantitative estimate of drug-likeness (QED) is 0.493. The Balaban J connectivity index is 1.24. The number of methoxy groups -OCH3 is 1. The van der Waals surface area contributed by atoms with Gasteiger partial charge in [0.25, 0.3) is 0 Å². The molecule has 0 saturated carbocycles. The third kappa shape index (κ3) is 5.63. The zero-order chi connectivity index (χ0) is 24.7. The van der Waals surface area contributed by atoms with Gasteiger partial charge in [-0.1, -0.05) is 12.2 Å². The van der Waals surface area contributed by atoms with Crippen molar-refractivity contribution in [2.24, 2.45) is 0 Å². The number of ether oxygens (including phenoxy) is 1. The van der Waals surface area contributed by atoms with Gasteiger partial charge in [0.05, 0.1) is 18.3 Å². The lowest BCUT2D eigenvalue weighted by Gasteiger charge is -2.37. The Hall–Kier alpha value is -3.56. The highest BCUT2D eigenvalue weighted by Crippen LogP contribution is 2.30. The number of hydrogen-bond donors (Lipinski definition) is 1. The summed E-state index contributed by atoms with van der Waals surface area (Å²) in [5.41, 5.74) is 4.97. The second kappa shape index (κ2) is 11.5. The molecule has 188 valence electrons. The van der Waals surface area contributed by atoms with Gasteiger partial charge in [-0.3, -0.25) is 14.6 Å². The fourth-order valence-electron chi connectivity index (χ4n) is 4.63. The zero-order valence-electron chi connectivity index (χ0n) is 21.0. The van der Waals surface area contributed by atoms with Crippen LogP contribution in [0.2, 0.25) is 0 Å². The van der Waals surface area contributed by atoms with Gasteiger partial charge in [0.15, 0.2) is 0 Å². The molecule has 36 heavy (non-hydrogen) atoms. The zero-order valence-corrected chi connectivity index (χ0v) is 21.0. The topological polar surface area (TPSA) is 84.2 Å². The van der Waals surface area contributed by atoms with E-state index < -0.39 is 0 Å². The predicted molar refractivity (Wildman–Crippen MR) is 141 cm³/mol. The Morgan fingerprint density at radius 3 is 2.75 bits per heavy atom. The number of nitrogens with one attached hydrogen (secondary N) is 1. The lowest BCUT2D eigenvalue weighted by atomic mass is 10.1. The monoisotopic (exact) mass is 486 g/mol. The molecule has 1 atom stereocenters. The lowest BCUT2D eigenvalue weighted by Crippen LogP contribution is -2.46. The maximum Gasteiger partial charge on any atom is 0.223 e. The summed E-state index contributed by atoms with van der Waals surface area (Å²) in [4.78, 5) is 18.5. The van der Waals surface area contributed by atoms with Gasteiger partial charge in [-0.15, -0.1) is 0 Å². The number of pyridine rings is 1. The molecule has 3 aromatic heterocycles. The molecular weight excluding hydrogens is 452 g/mol. The van der Waals surface area contributed by atoms with Gasteiger partial charge in [0.1, 0.15) is 5.69 Å². The van der Waals surface area contributed by atoms with Crippen molar-refractivity contribution >= 4 is 5.95 Å². The van der Waals surface area contributed by atoms with Crippen LogP contribution >= 0.6 is 0 Å². The van der Waals surface area contributed by atoms with Crippen molar-refractivity contribution in [1.82, 2.24) is 34.5 Å². The molecule has 1 N–H and O–H groups in total. The van der Waals surface area contributed by atoms with Crippen molar-refractivity contribution < 1.29 is 4.74 Å². The van der Waals surface area contributed by atoms with Crippen LogP contribution in [0.3, 0.4) is 0 Å². The summed E-state index contributed by atoms with van der Waals surface area (Å²) in [5, 5.41) is 8.25. The van der Waals surface area contributed by atoms with Crippen LogP contribution in [0.5, 0.6) is 0 Å². The highest BCUT2D eigenvalue weighted by atomic mass is 16.5. The molecule has 1 aliphatic heterocycles. The second-order valence-corrected chi connectivity index (χ2v) is 9.05. The van der Waals surface area contributed by atoms with Crippen molar-refractivity contribution in [1.29, 1.82) is 0 Å². The molecule has 4 heterocycles. The molecule has 0 spiro atoms. The molecule has 0 radical (unpaired) electrons. The first-order valence-corrected chi connectivity index (χ1v) is 12.7. The van der Waals surface area contributed by atoms with Crippen LogP contribution in [0, 0.1) is 0 Å². The largest absolute Gasteiger partial charge is 0.383 e. The fourth-order valence-corrected chi connectivity index (χ4v) is 4.63. The van der Waals surface area contributed by atoms with Gasteiger partial charge in [-0.25, -0.2) is 9.97 Å². The number of aryl methyl sites for hydroxylation is 1. The molecule has 2 aliphatic rings. The molecule has 1 aliphatic carbocycles. The summed E-state index contributed by atoms with van der Waals surface area (Å²) in [7, 11) is 1.76. The highest BCUT2D eigenvalue weighted by molar-refractivity contribution is 5.78. The Morgan fingerprint density at radius 1 is 1.14 bits per heavy atom. The average Bonchev–Trinajstić information content (AvgIpc) is 3.38. The van der Waals surface area contributed by atoms with E-state index in [4.69, 9.17) is 14.8 Å². The van der Waals surface area contributed by atoms with Gasteiger partial charge in [-0.05, 0) is 37.6 Å². The van der Waals surface area contributed by atoms with E-state index in [0.717, 1.165) is 74.8 Å². The van der Waals surface area contributed by atoms with Crippen LogP contribution in [-0.2, 0) is 11.3 Å². The summed E-state index contributed by atoms with van der Waals surface area (Å²) in [5.74, 6) is 0.618. The number of aromatic nitrogens is 5. The Morgan fingerprint density at radius 2 is 2.03 bits per heavy atom. The lowest BCUT2D eigenvalue weighted by molar-refractivity contribution is 0.111. The van der Waals surface area contributed by atoms with E-state index >= 15 is 0 Å². The van der Waals surface area contributed by atoms with Crippen LogP contribution in [0.25, 0.3) is 22.5 Å². The molecule has 1 fully saturated rings. The predicted octanol–water partition coefficient (Wildman–Crippen LogP) is 3.31. The van der Waals surface area contributed by atoms with E-state index in [-0.39, 0.29) is 6.04 Å². The molecule has 1 unspecified atom stereocenters. The van der Waals surface area contributed by atoms with Gasteiger partial charge in [0, 0.05) is 88.0 Å². The number of nitrogens with zero attached hydrogens (tertiary/aromatic N) is 7. The van der Waals surface area contributed by atoms with E-state index in [0.29, 0.717) is 5.95 Å². The first-order chi connectivity index (χ1) is 17.7. The minimum absolute atomic E-state index is 0.156. The van der Waals surface area contributed by atoms with Crippen LogP contribution in [0.15, 0.2) is 66.9 Å². The maximum absolute atomic E-state index is 5.21. The number of allylic oxidation sites excluding steroid dienone is 1. The fraction of sp³-hybridized carbons (Fsp3) is 0.407. The Kier molecular flexibility index (Phi) is 7.68. The molecule has 1 saturated heterocycles. The number of piperazine rings is 1. The van der Waals surface area contributed by atoms with Crippen molar-refractivity contribution in [3.8, 4) is 22.5 Å². The van der Waals surface area contributed by atoms with Crippen LogP contribution in [0.4, 0.5) is 5.95 Å². The molecule has 3 aromatic rings. The minimum Gasteiger partial charge on any atom is -0.383 e. The van der Waals surface area contributed by atoms with E-state index in [9.17, 15) is 0 Å². The standard InChI is InChI=1S/C27H34N8O/c1-3-35-20-24(26(32-35)21-5-4-11-28-19-21)25-10-12-29-27(31-25)30-22-6-8-23(9-7-22)34-15-13-33(14-16-34)17-18-36-2/h4-6,8-12,19-20,22H,3,7,13-18H2,1-2H3,(H,29,30,31). The molecule has 9 nitrogen and oxygen atoms in total. The van der Waals surface area contributed by atoms with E-state index in [1.807, 2.05) is 35.3 Å². The van der Waals surface area contributed by atoms with Gasteiger partial charge < -0.3 is 15.0 Å². The Bertz CT molecular complexity index is 1200. The van der Waals surface area contributed by atoms with Gasteiger partial charge >= 0.3 is 0 Å². The molecule has 0 aromatic carbocycles. The summed E-state index contributed by atoms with van der Waals surface area (Å²) in [6.45, 7) is 8.92. The van der Waals surface area contributed by atoms with Crippen LogP contribution < -0.4 is 5.32 Å². The van der Waals surface area contributed by atoms with Crippen molar-refractivity contribution in [3.05, 3.63) is 66.9 Å². The van der Waals surface area contributed by atoms with Gasteiger partial charge in [0.2, 0.25) is 5.95 Å². The SMILES string of the molecule is CCn1cc(-c2ccnc(NC3C=CC(N4CCN(CCOC)CC4)=CC3)n2)c(-c2cccnc2)n1. The highest BCUT2D eigenvalue weighted by Gasteiger charge is 2.20. The van der Waals surface area contributed by atoms with Gasteiger partial charge in [-0.2, -0.15) is 5.10 Å². The first-order valence-electron chi connectivity index (χ1n) is 12.7. The normalized spacial score (nSPS) is 18.3. The van der Waals surface area contributed by atoms with Crippen molar-refractivity contribution in [3.63, 3.8) is 0 Å². The smallest absolute Gasteiger partial charge is 0.223 e. The summed E-state index contributed by atoms with van der Waals surface area (Å²) >= 11 is 0. The van der Waals surface area contributed by atoms with Crippen LogP contribution in [0.1, 0.15) is 13.3 Å². The third-order valence-corrected chi connectivity index (χ3v) is 6.70. The number of hydrogen-bond acceptors (Lipinski definition) is 8. The molecule has 0 bridgehead atoms. The van der Waals surface area contributed by atoms with E-state index in [2.05, 4.69) is 50.2 Å². The summed E-state index contributed by atoms with van der Waals surface area (Å²) < 4.78 is 7.14. The molecule has 0 amide bonds. The summed E-state index contributed by atoms with van der Waals surface area (Å²) in [6.07, 6.45) is 15.1. The number of anilines is 1. The van der Waals surface area contributed by atoms with Crippen molar-refractivity contribution in [2.45, 2.75) is 25.9 Å². The third-order valence-electron chi connectivity index (χ3n) is 6.70. The Labute approximate surface area is 212 Å². The van der Waals surface area contributed by atoms with Crippen LogP contribution in [-0.4, -0.2) is 87.0 Å². The minimum atomic E-state index is 0.156. The molecule has 9 heteroatoms. The molecular formula is C27H34N8O. The average molecular weight is 487 g/mol. The first kappa shape index (κ1) is 24.1. The molecule has 5 rings (SSSR count).